The number of nitro groups is 2. The number of nitrogens with one attached hydrogen (secondary N) is 2. The molecule has 0 aromatic heterocycles. The van der Waals surface area contributed by atoms with Crippen LogP contribution in [-0.4, -0.2) is 9.85 Å². The van der Waals surface area contributed by atoms with Crippen LogP contribution in [0.5, 0.6) is 0 Å². The highest BCUT2D eigenvalue weighted by atomic mass is 79.9. The van der Waals surface area contributed by atoms with Crippen LogP contribution in [0.4, 0.5) is 22.7 Å². The number of nitro benzene ring substituents is 2. The van der Waals surface area contributed by atoms with E-state index in [1.54, 1.807) is 24.3 Å². The molecule has 2 rings (SSSR count). The zero-order valence-corrected chi connectivity index (χ0v) is 12.0. The van der Waals surface area contributed by atoms with Crippen LogP contribution in [0.2, 0.25) is 0 Å². The van der Waals surface area contributed by atoms with Crippen LogP contribution in [0.1, 0.15) is 0 Å². The molecule has 0 saturated heterocycles. The van der Waals surface area contributed by atoms with Crippen molar-refractivity contribution in [1.82, 2.24) is 0 Å². The first-order valence-corrected chi connectivity index (χ1v) is 6.47. The standard InChI is InChI=1S/C12H9BrN4O4/c13-8-1-3-9(4-2-8)14-15-11-6-5-10(16(18)19)7-12(11)17(20)21/h1-7,14-15H. The van der Waals surface area contributed by atoms with E-state index in [1.165, 1.54) is 12.1 Å². The van der Waals surface area contributed by atoms with Gasteiger partial charge < -0.3 is 5.43 Å². The molecular weight excluding hydrogens is 344 g/mol. The number of anilines is 2. The van der Waals surface area contributed by atoms with Gasteiger partial charge in [0.1, 0.15) is 5.69 Å². The Morgan fingerprint density at radius 1 is 0.905 bits per heavy atom. The highest BCUT2D eigenvalue weighted by Crippen LogP contribution is 2.29. The summed E-state index contributed by atoms with van der Waals surface area (Å²) in [5.41, 5.74) is 5.55. The Hall–Kier alpha value is -2.68. The third kappa shape index (κ3) is 3.66. The summed E-state index contributed by atoms with van der Waals surface area (Å²) in [6, 6.07) is 10.5. The van der Waals surface area contributed by atoms with Gasteiger partial charge in [-0.3, -0.25) is 25.7 Å². The molecule has 0 fully saturated rings. The topological polar surface area (TPSA) is 110 Å². The summed E-state index contributed by atoms with van der Waals surface area (Å²) < 4.78 is 0.898. The van der Waals surface area contributed by atoms with Gasteiger partial charge in [-0.1, -0.05) is 15.9 Å². The fourth-order valence-electron chi connectivity index (χ4n) is 1.56. The lowest BCUT2D eigenvalue weighted by molar-refractivity contribution is -0.393. The zero-order valence-electron chi connectivity index (χ0n) is 10.4. The van der Waals surface area contributed by atoms with E-state index in [2.05, 4.69) is 26.8 Å². The molecule has 0 saturated carbocycles. The highest BCUT2D eigenvalue weighted by molar-refractivity contribution is 9.10. The van der Waals surface area contributed by atoms with E-state index in [-0.39, 0.29) is 17.1 Å². The zero-order chi connectivity index (χ0) is 15.4. The Morgan fingerprint density at radius 3 is 2.14 bits per heavy atom. The van der Waals surface area contributed by atoms with Gasteiger partial charge in [0.2, 0.25) is 0 Å². The predicted octanol–water partition coefficient (Wildman–Crippen LogP) is 3.70. The van der Waals surface area contributed by atoms with Crippen LogP contribution in [0.15, 0.2) is 46.9 Å². The Labute approximate surface area is 127 Å². The first kappa shape index (κ1) is 14.7. The summed E-state index contributed by atoms with van der Waals surface area (Å²) in [5.74, 6) is 0. The summed E-state index contributed by atoms with van der Waals surface area (Å²) in [5, 5.41) is 21.6. The highest BCUT2D eigenvalue weighted by Gasteiger charge is 2.19. The van der Waals surface area contributed by atoms with E-state index < -0.39 is 9.85 Å². The van der Waals surface area contributed by atoms with Crippen LogP contribution in [0, 0.1) is 20.2 Å². The van der Waals surface area contributed by atoms with Gasteiger partial charge >= 0.3 is 5.69 Å². The van der Waals surface area contributed by atoms with Gasteiger partial charge in [0.15, 0.2) is 0 Å². The number of halogens is 1. The Kier molecular flexibility index (Phi) is 4.33. The fourth-order valence-corrected chi connectivity index (χ4v) is 1.83. The molecule has 0 bridgehead atoms. The second-order valence-electron chi connectivity index (χ2n) is 3.97. The number of hydrazine groups is 1. The number of benzene rings is 2. The number of rotatable bonds is 5. The second kappa shape index (κ2) is 6.18. The largest absolute Gasteiger partial charge is 0.301 e. The molecule has 2 aromatic rings. The minimum absolute atomic E-state index is 0.133. The molecule has 9 heteroatoms. The van der Waals surface area contributed by atoms with E-state index in [4.69, 9.17) is 0 Å². The smallest absolute Gasteiger partial charge is 0.300 e. The van der Waals surface area contributed by atoms with E-state index in [1.807, 2.05) is 0 Å². The molecule has 0 aliphatic heterocycles. The van der Waals surface area contributed by atoms with E-state index >= 15 is 0 Å². The van der Waals surface area contributed by atoms with Crippen molar-refractivity contribution in [2.45, 2.75) is 0 Å². The van der Waals surface area contributed by atoms with Crippen LogP contribution >= 0.6 is 15.9 Å². The van der Waals surface area contributed by atoms with Crippen molar-refractivity contribution in [3.63, 3.8) is 0 Å². The molecular formula is C12H9BrN4O4. The molecule has 0 spiro atoms. The second-order valence-corrected chi connectivity index (χ2v) is 4.89. The molecule has 0 amide bonds. The van der Waals surface area contributed by atoms with Gasteiger partial charge in [-0.15, -0.1) is 0 Å². The molecule has 108 valence electrons. The van der Waals surface area contributed by atoms with Crippen molar-refractivity contribution in [1.29, 1.82) is 0 Å². The molecule has 0 aliphatic carbocycles. The average molecular weight is 353 g/mol. The van der Waals surface area contributed by atoms with Gasteiger partial charge in [0.25, 0.3) is 5.69 Å². The fraction of sp³-hybridized carbons (Fsp3) is 0. The summed E-state index contributed by atoms with van der Waals surface area (Å²) in [4.78, 5) is 20.2. The molecule has 0 unspecified atom stereocenters. The third-order valence-corrected chi connectivity index (χ3v) is 3.10. The van der Waals surface area contributed by atoms with Crippen LogP contribution in [0.25, 0.3) is 0 Å². The summed E-state index contributed by atoms with van der Waals surface area (Å²) in [6.45, 7) is 0. The van der Waals surface area contributed by atoms with Crippen LogP contribution in [0.3, 0.4) is 0 Å². The Bertz CT molecular complexity index is 690. The van der Waals surface area contributed by atoms with Crippen molar-refractivity contribution < 1.29 is 9.85 Å². The predicted molar refractivity (Wildman–Crippen MR) is 81.1 cm³/mol. The molecule has 0 atom stereocenters. The number of non-ortho nitro benzene ring substituents is 1. The molecule has 0 aliphatic rings. The van der Waals surface area contributed by atoms with Crippen LogP contribution < -0.4 is 10.9 Å². The van der Waals surface area contributed by atoms with Crippen molar-refractivity contribution in [3.8, 4) is 0 Å². The van der Waals surface area contributed by atoms with E-state index in [0.717, 1.165) is 10.5 Å². The number of nitrogens with zero attached hydrogens (tertiary/aromatic N) is 2. The molecule has 0 heterocycles. The summed E-state index contributed by atoms with van der Waals surface area (Å²) in [7, 11) is 0. The molecule has 0 radical (unpaired) electrons. The molecule has 2 aromatic carbocycles. The van der Waals surface area contributed by atoms with Gasteiger partial charge in [0.05, 0.1) is 21.6 Å². The lowest BCUT2D eigenvalue weighted by Gasteiger charge is -2.10. The van der Waals surface area contributed by atoms with E-state index in [9.17, 15) is 20.2 Å². The van der Waals surface area contributed by atoms with E-state index in [0.29, 0.717) is 5.69 Å². The molecule has 21 heavy (non-hydrogen) atoms. The normalized spacial score (nSPS) is 9.95. The van der Waals surface area contributed by atoms with Gasteiger partial charge in [-0.25, -0.2) is 0 Å². The number of hydrogen-bond donors (Lipinski definition) is 2. The van der Waals surface area contributed by atoms with Crippen molar-refractivity contribution in [3.05, 3.63) is 67.2 Å². The maximum Gasteiger partial charge on any atom is 0.300 e. The SMILES string of the molecule is O=[N+]([O-])c1ccc(NNc2ccc(Br)cc2)c([N+](=O)[O-])c1. The summed E-state index contributed by atoms with van der Waals surface area (Å²) in [6.07, 6.45) is 0. The van der Waals surface area contributed by atoms with Crippen LogP contribution in [-0.2, 0) is 0 Å². The third-order valence-electron chi connectivity index (χ3n) is 2.57. The first-order valence-electron chi connectivity index (χ1n) is 5.68. The lowest BCUT2D eigenvalue weighted by Crippen LogP contribution is -2.10. The maximum atomic E-state index is 11.0. The average Bonchev–Trinajstić information content (AvgIpc) is 2.46. The lowest BCUT2D eigenvalue weighted by atomic mass is 10.2. The van der Waals surface area contributed by atoms with Gasteiger partial charge in [0, 0.05) is 10.5 Å². The Morgan fingerprint density at radius 2 is 1.57 bits per heavy atom. The monoisotopic (exact) mass is 352 g/mol. The van der Waals surface area contributed by atoms with Crippen molar-refractivity contribution >= 4 is 38.7 Å². The van der Waals surface area contributed by atoms with Crippen molar-refractivity contribution in [2.75, 3.05) is 10.9 Å². The minimum atomic E-state index is -0.682. The first-order chi connectivity index (χ1) is 9.97. The molecule has 8 nitrogen and oxygen atoms in total. The Balaban J connectivity index is 2.21. The quantitative estimate of drug-likeness (QED) is 0.626. The minimum Gasteiger partial charge on any atom is -0.301 e. The van der Waals surface area contributed by atoms with Crippen molar-refractivity contribution in [2.24, 2.45) is 0 Å². The van der Waals surface area contributed by atoms with Gasteiger partial charge in [-0.2, -0.15) is 0 Å². The maximum absolute atomic E-state index is 11.0. The number of hydrogen-bond acceptors (Lipinski definition) is 6. The molecule has 2 N–H and O–H groups in total. The van der Waals surface area contributed by atoms with Gasteiger partial charge in [-0.05, 0) is 30.3 Å². The summed E-state index contributed by atoms with van der Waals surface area (Å²) >= 11 is 3.29.